The lowest BCUT2D eigenvalue weighted by Gasteiger charge is -2.32. The quantitative estimate of drug-likeness (QED) is 0.351. The fourth-order valence-corrected chi connectivity index (χ4v) is 6.73. The molecule has 0 bridgehead atoms. The summed E-state index contributed by atoms with van der Waals surface area (Å²) < 4.78 is 0. The van der Waals surface area contributed by atoms with Gasteiger partial charge in [0.25, 0.3) is 0 Å². The van der Waals surface area contributed by atoms with E-state index in [1.54, 1.807) is 10.8 Å². The summed E-state index contributed by atoms with van der Waals surface area (Å²) >= 11 is 0. The molecule has 1 fully saturated rings. The molecule has 0 spiro atoms. The molecule has 154 valence electrons. The summed E-state index contributed by atoms with van der Waals surface area (Å²) in [6, 6.07) is 16.4. The Morgan fingerprint density at radius 3 is 2.17 bits per heavy atom. The topological polar surface area (TPSA) is 0 Å². The molecule has 2 aromatic rings. The zero-order chi connectivity index (χ0) is 20.5. The highest BCUT2D eigenvalue weighted by molar-refractivity contribution is 6.88. The summed E-state index contributed by atoms with van der Waals surface area (Å²) in [5.74, 6) is 0. The largest absolute Gasteiger partial charge is 0.0775 e. The summed E-state index contributed by atoms with van der Waals surface area (Å²) in [6.07, 6.45) is 15.0. The number of hydrogen-bond donors (Lipinski definition) is 0. The Bertz CT molecular complexity index is 872. The van der Waals surface area contributed by atoms with Crippen molar-refractivity contribution in [2.24, 2.45) is 5.41 Å². The molecule has 29 heavy (non-hydrogen) atoms. The van der Waals surface area contributed by atoms with Crippen LogP contribution in [0.3, 0.4) is 0 Å². The fraction of sp³-hybridized carbons (Fsp3) is 0.500. The minimum absolute atomic E-state index is 0.559. The molecule has 0 unspecified atom stereocenters. The van der Waals surface area contributed by atoms with E-state index in [4.69, 9.17) is 0 Å². The first-order valence-corrected chi connectivity index (χ1v) is 15.3. The van der Waals surface area contributed by atoms with Crippen LogP contribution in [0.25, 0.3) is 17.2 Å². The van der Waals surface area contributed by atoms with Crippen molar-refractivity contribution in [3.63, 3.8) is 0 Å². The van der Waals surface area contributed by atoms with Crippen molar-refractivity contribution in [2.75, 3.05) is 0 Å². The SMILES string of the molecule is CCC1(CC2=Cc3c(cccc3-c3ccc([Si](C)(C)C)cc3)C2)CCCCCC1. The number of benzene rings is 2. The van der Waals surface area contributed by atoms with Crippen molar-refractivity contribution in [3.8, 4) is 11.1 Å². The lowest BCUT2D eigenvalue weighted by molar-refractivity contribution is 0.230. The summed E-state index contributed by atoms with van der Waals surface area (Å²) in [5, 5.41) is 1.54. The predicted octanol–water partition coefficient (Wildman–Crippen LogP) is 7.98. The van der Waals surface area contributed by atoms with E-state index in [2.05, 4.69) is 75.1 Å². The van der Waals surface area contributed by atoms with Crippen LogP contribution in [-0.4, -0.2) is 8.07 Å². The van der Waals surface area contributed by atoms with E-state index in [9.17, 15) is 0 Å². The summed E-state index contributed by atoms with van der Waals surface area (Å²) in [6.45, 7) is 9.70. The molecule has 0 amide bonds. The van der Waals surface area contributed by atoms with Gasteiger partial charge in [0, 0.05) is 0 Å². The second-order valence-corrected chi connectivity index (χ2v) is 15.7. The maximum absolute atomic E-state index is 2.55. The van der Waals surface area contributed by atoms with Crippen LogP contribution in [0.4, 0.5) is 0 Å². The highest BCUT2D eigenvalue weighted by atomic mass is 28.3. The molecule has 0 aromatic heterocycles. The Labute approximate surface area is 179 Å². The molecule has 0 radical (unpaired) electrons. The minimum Gasteiger partial charge on any atom is -0.0656 e. The molecule has 1 saturated carbocycles. The molecule has 0 atom stereocenters. The van der Waals surface area contributed by atoms with Gasteiger partial charge >= 0.3 is 0 Å². The molecule has 0 aliphatic heterocycles. The third-order valence-electron chi connectivity index (χ3n) is 7.54. The van der Waals surface area contributed by atoms with Crippen molar-refractivity contribution in [1.29, 1.82) is 0 Å². The second-order valence-electron chi connectivity index (χ2n) is 10.6. The van der Waals surface area contributed by atoms with Gasteiger partial charge in [-0.1, -0.05) is 118 Å². The molecule has 2 aliphatic carbocycles. The molecular formula is C28H38Si. The van der Waals surface area contributed by atoms with E-state index in [-0.39, 0.29) is 0 Å². The van der Waals surface area contributed by atoms with Crippen LogP contribution in [0.1, 0.15) is 69.4 Å². The highest BCUT2D eigenvalue weighted by Crippen LogP contribution is 2.46. The van der Waals surface area contributed by atoms with Crippen LogP contribution < -0.4 is 5.19 Å². The van der Waals surface area contributed by atoms with Crippen LogP contribution in [0.2, 0.25) is 19.6 Å². The van der Waals surface area contributed by atoms with Gasteiger partial charge in [0.15, 0.2) is 0 Å². The minimum atomic E-state index is -1.24. The van der Waals surface area contributed by atoms with Gasteiger partial charge in [-0.25, -0.2) is 0 Å². The zero-order valence-electron chi connectivity index (χ0n) is 19.0. The first-order valence-electron chi connectivity index (χ1n) is 11.8. The Morgan fingerprint density at radius 1 is 0.862 bits per heavy atom. The van der Waals surface area contributed by atoms with Crippen LogP contribution in [0, 0.1) is 5.41 Å². The average Bonchev–Trinajstić information content (AvgIpc) is 2.97. The van der Waals surface area contributed by atoms with E-state index >= 15 is 0 Å². The molecule has 0 nitrogen and oxygen atoms in total. The van der Waals surface area contributed by atoms with Gasteiger partial charge in [0.2, 0.25) is 0 Å². The van der Waals surface area contributed by atoms with Crippen molar-refractivity contribution in [2.45, 2.75) is 84.4 Å². The fourth-order valence-electron chi connectivity index (χ4n) is 5.57. The molecule has 1 heteroatoms. The molecule has 2 aromatic carbocycles. The van der Waals surface area contributed by atoms with Gasteiger partial charge in [-0.15, -0.1) is 0 Å². The molecule has 0 N–H and O–H groups in total. The van der Waals surface area contributed by atoms with Gasteiger partial charge in [0.1, 0.15) is 0 Å². The number of hydrogen-bond acceptors (Lipinski definition) is 0. The standard InChI is InChI=1S/C28H38Si/c1-5-28(17-8-6-7-9-18-28)21-22-19-24-11-10-12-26(27(24)20-22)23-13-15-25(16-14-23)29(2,3)4/h10-16,20H,5-9,17-19,21H2,1-4H3. The van der Waals surface area contributed by atoms with Gasteiger partial charge in [-0.2, -0.15) is 0 Å². The Hall–Kier alpha value is -1.60. The average molecular weight is 403 g/mol. The van der Waals surface area contributed by atoms with Crippen LogP contribution in [0.15, 0.2) is 48.0 Å². The molecule has 0 heterocycles. The van der Waals surface area contributed by atoms with E-state index in [1.165, 1.54) is 73.6 Å². The van der Waals surface area contributed by atoms with Crippen LogP contribution in [-0.2, 0) is 6.42 Å². The summed E-state index contributed by atoms with van der Waals surface area (Å²) in [5.41, 5.74) is 8.06. The van der Waals surface area contributed by atoms with Gasteiger partial charge < -0.3 is 0 Å². The zero-order valence-corrected chi connectivity index (χ0v) is 20.0. The first-order chi connectivity index (χ1) is 13.9. The smallest absolute Gasteiger partial charge is 0.0656 e. The second kappa shape index (κ2) is 8.26. The van der Waals surface area contributed by atoms with Crippen molar-refractivity contribution in [1.82, 2.24) is 0 Å². The lowest BCUT2D eigenvalue weighted by Crippen LogP contribution is -2.37. The highest BCUT2D eigenvalue weighted by Gasteiger charge is 2.31. The summed E-state index contributed by atoms with van der Waals surface area (Å²) in [4.78, 5) is 0. The van der Waals surface area contributed by atoms with Gasteiger partial charge in [0.05, 0.1) is 8.07 Å². The lowest BCUT2D eigenvalue weighted by atomic mass is 9.73. The van der Waals surface area contributed by atoms with Crippen molar-refractivity contribution < 1.29 is 0 Å². The summed E-state index contributed by atoms with van der Waals surface area (Å²) in [7, 11) is -1.24. The van der Waals surface area contributed by atoms with Crippen LogP contribution >= 0.6 is 0 Å². The number of fused-ring (bicyclic) bond motifs is 1. The van der Waals surface area contributed by atoms with Crippen molar-refractivity contribution >= 4 is 19.3 Å². The van der Waals surface area contributed by atoms with Crippen molar-refractivity contribution in [3.05, 3.63) is 59.2 Å². The monoisotopic (exact) mass is 402 g/mol. The Morgan fingerprint density at radius 2 is 1.55 bits per heavy atom. The van der Waals surface area contributed by atoms with Gasteiger partial charge in [-0.05, 0) is 53.4 Å². The van der Waals surface area contributed by atoms with E-state index in [0.717, 1.165) is 6.42 Å². The maximum Gasteiger partial charge on any atom is 0.0775 e. The molecular weight excluding hydrogens is 364 g/mol. The maximum atomic E-state index is 2.55. The number of rotatable bonds is 5. The van der Waals surface area contributed by atoms with Gasteiger partial charge in [-0.3, -0.25) is 0 Å². The Balaban J connectivity index is 1.61. The third kappa shape index (κ3) is 4.45. The first kappa shape index (κ1) is 20.7. The van der Waals surface area contributed by atoms with E-state index in [0.29, 0.717) is 5.41 Å². The van der Waals surface area contributed by atoms with E-state index < -0.39 is 8.07 Å². The normalized spacial score (nSPS) is 18.8. The van der Waals surface area contributed by atoms with Crippen LogP contribution in [0.5, 0.6) is 0 Å². The molecule has 2 aliphatic rings. The third-order valence-corrected chi connectivity index (χ3v) is 9.61. The molecule has 0 saturated heterocycles. The predicted molar refractivity (Wildman–Crippen MR) is 132 cm³/mol. The number of allylic oxidation sites excluding steroid dienone is 1. The molecule has 4 rings (SSSR count). The van der Waals surface area contributed by atoms with E-state index in [1.807, 2.05) is 0 Å². The Kier molecular flexibility index (Phi) is 5.89.